The molecule has 0 aliphatic carbocycles. The van der Waals surface area contributed by atoms with Crippen LogP contribution in [-0.2, 0) is 0 Å². The molecule has 0 fully saturated rings. The SMILES string of the molecule is Cc1onc(-c2ccc(N=C(N)N)cc2)c1C(=O)O. The van der Waals surface area contributed by atoms with Crippen molar-refractivity contribution < 1.29 is 14.4 Å². The Morgan fingerprint density at radius 3 is 2.47 bits per heavy atom. The van der Waals surface area contributed by atoms with Crippen molar-refractivity contribution in [2.45, 2.75) is 6.92 Å². The van der Waals surface area contributed by atoms with E-state index in [-0.39, 0.29) is 23.0 Å². The molecule has 1 aromatic heterocycles. The van der Waals surface area contributed by atoms with Gasteiger partial charge >= 0.3 is 5.97 Å². The highest BCUT2D eigenvalue weighted by atomic mass is 16.5. The van der Waals surface area contributed by atoms with E-state index >= 15 is 0 Å². The van der Waals surface area contributed by atoms with E-state index < -0.39 is 5.97 Å². The van der Waals surface area contributed by atoms with E-state index in [1.807, 2.05) is 0 Å². The fourth-order valence-electron chi connectivity index (χ4n) is 1.66. The van der Waals surface area contributed by atoms with E-state index in [9.17, 15) is 4.79 Å². The molecule has 0 aliphatic heterocycles. The number of benzene rings is 1. The van der Waals surface area contributed by atoms with Crippen LogP contribution in [-0.4, -0.2) is 22.2 Å². The van der Waals surface area contributed by atoms with Crippen molar-refractivity contribution in [3.05, 3.63) is 35.6 Å². The van der Waals surface area contributed by atoms with Crippen LogP contribution in [0, 0.1) is 6.92 Å². The Morgan fingerprint density at radius 1 is 1.32 bits per heavy atom. The van der Waals surface area contributed by atoms with Crippen LogP contribution in [0.3, 0.4) is 0 Å². The molecule has 1 heterocycles. The molecule has 0 aliphatic rings. The monoisotopic (exact) mass is 260 g/mol. The number of carboxylic acids is 1. The molecule has 0 spiro atoms. The Hall–Kier alpha value is -2.83. The van der Waals surface area contributed by atoms with Gasteiger partial charge < -0.3 is 21.1 Å². The number of aromatic carboxylic acids is 1. The Morgan fingerprint density at radius 2 is 1.95 bits per heavy atom. The lowest BCUT2D eigenvalue weighted by molar-refractivity contribution is 0.0696. The van der Waals surface area contributed by atoms with E-state index in [1.165, 1.54) is 0 Å². The maximum atomic E-state index is 11.1. The summed E-state index contributed by atoms with van der Waals surface area (Å²) in [5, 5.41) is 12.9. The molecule has 19 heavy (non-hydrogen) atoms. The number of aromatic nitrogens is 1. The van der Waals surface area contributed by atoms with Gasteiger partial charge in [-0.15, -0.1) is 0 Å². The minimum atomic E-state index is -1.08. The van der Waals surface area contributed by atoms with Gasteiger partial charge in [0.15, 0.2) is 5.96 Å². The van der Waals surface area contributed by atoms with Crippen molar-refractivity contribution >= 4 is 17.6 Å². The zero-order valence-corrected chi connectivity index (χ0v) is 10.1. The van der Waals surface area contributed by atoms with Gasteiger partial charge in [-0.25, -0.2) is 9.79 Å². The third-order valence-corrected chi connectivity index (χ3v) is 2.48. The zero-order valence-electron chi connectivity index (χ0n) is 10.1. The van der Waals surface area contributed by atoms with Crippen LogP contribution >= 0.6 is 0 Å². The number of carboxylic acid groups (broad SMARTS) is 1. The van der Waals surface area contributed by atoms with Gasteiger partial charge in [0, 0.05) is 5.56 Å². The van der Waals surface area contributed by atoms with E-state index in [0.717, 1.165) is 0 Å². The molecular formula is C12H12N4O3. The lowest BCUT2D eigenvalue weighted by Crippen LogP contribution is -2.21. The average Bonchev–Trinajstić information content (AvgIpc) is 2.71. The van der Waals surface area contributed by atoms with Crippen LogP contribution in [0.25, 0.3) is 11.3 Å². The standard InChI is InChI=1S/C12H12N4O3/c1-6-9(11(17)18)10(16-19-6)7-2-4-8(5-3-7)15-12(13)14/h2-5H,1H3,(H,17,18)(H4,13,14,15). The van der Waals surface area contributed by atoms with Gasteiger partial charge in [0.1, 0.15) is 17.0 Å². The summed E-state index contributed by atoms with van der Waals surface area (Å²) in [7, 11) is 0. The van der Waals surface area contributed by atoms with E-state index in [4.69, 9.17) is 21.1 Å². The molecule has 5 N–H and O–H groups in total. The maximum absolute atomic E-state index is 11.1. The first-order chi connectivity index (χ1) is 8.99. The average molecular weight is 260 g/mol. The highest BCUT2D eigenvalue weighted by Gasteiger charge is 2.20. The number of aliphatic imine (C=N–C) groups is 1. The quantitative estimate of drug-likeness (QED) is 0.562. The van der Waals surface area contributed by atoms with Crippen LogP contribution in [0.15, 0.2) is 33.8 Å². The molecule has 0 bridgehead atoms. The number of carbonyl (C=O) groups is 1. The Labute approximate surface area is 108 Å². The van der Waals surface area contributed by atoms with Gasteiger partial charge in [0.2, 0.25) is 0 Å². The fourth-order valence-corrected chi connectivity index (χ4v) is 1.66. The molecule has 0 unspecified atom stereocenters. The first kappa shape index (κ1) is 12.6. The van der Waals surface area contributed by atoms with Crippen LogP contribution in [0.1, 0.15) is 16.1 Å². The van der Waals surface area contributed by atoms with Crippen LogP contribution in [0.4, 0.5) is 5.69 Å². The summed E-state index contributed by atoms with van der Waals surface area (Å²) in [5.41, 5.74) is 12.0. The van der Waals surface area contributed by atoms with Crippen LogP contribution in [0.2, 0.25) is 0 Å². The van der Waals surface area contributed by atoms with Gasteiger partial charge in [-0.05, 0) is 19.1 Å². The summed E-state index contributed by atoms with van der Waals surface area (Å²) in [6.07, 6.45) is 0. The van der Waals surface area contributed by atoms with Crippen molar-refractivity contribution in [3.8, 4) is 11.3 Å². The molecule has 0 saturated heterocycles. The van der Waals surface area contributed by atoms with Crippen LogP contribution in [0.5, 0.6) is 0 Å². The Bertz CT molecular complexity index is 639. The van der Waals surface area contributed by atoms with Gasteiger partial charge in [-0.2, -0.15) is 0 Å². The maximum Gasteiger partial charge on any atom is 0.341 e. The van der Waals surface area contributed by atoms with Gasteiger partial charge in [-0.3, -0.25) is 0 Å². The predicted molar refractivity (Wildman–Crippen MR) is 69.1 cm³/mol. The highest BCUT2D eigenvalue weighted by Crippen LogP contribution is 2.26. The van der Waals surface area contributed by atoms with Crippen molar-refractivity contribution in [1.29, 1.82) is 0 Å². The number of nitrogens with two attached hydrogens (primary N) is 2. The molecule has 7 heteroatoms. The highest BCUT2D eigenvalue weighted by molar-refractivity contribution is 5.95. The van der Waals surface area contributed by atoms with Crippen molar-refractivity contribution in [2.75, 3.05) is 0 Å². The minimum absolute atomic E-state index is 0.0451. The molecule has 0 atom stereocenters. The molecule has 98 valence electrons. The largest absolute Gasteiger partial charge is 0.477 e. The molecule has 2 aromatic rings. The number of guanidine groups is 1. The number of rotatable bonds is 3. The number of hydrogen-bond acceptors (Lipinski definition) is 4. The van der Waals surface area contributed by atoms with Crippen molar-refractivity contribution in [1.82, 2.24) is 5.16 Å². The lowest BCUT2D eigenvalue weighted by atomic mass is 10.1. The second-order valence-electron chi connectivity index (χ2n) is 3.85. The molecule has 2 rings (SSSR count). The normalized spacial score (nSPS) is 10.2. The summed E-state index contributed by atoms with van der Waals surface area (Å²) in [6, 6.07) is 6.66. The topological polar surface area (TPSA) is 128 Å². The third kappa shape index (κ3) is 2.54. The lowest BCUT2D eigenvalue weighted by Gasteiger charge is -1.99. The summed E-state index contributed by atoms with van der Waals surface area (Å²) >= 11 is 0. The second kappa shape index (κ2) is 4.81. The molecule has 7 nitrogen and oxygen atoms in total. The predicted octanol–water partition coefficient (Wildman–Crippen LogP) is 1.25. The van der Waals surface area contributed by atoms with Gasteiger partial charge in [0.25, 0.3) is 0 Å². The Balaban J connectivity index is 2.43. The van der Waals surface area contributed by atoms with Gasteiger partial charge in [-0.1, -0.05) is 17.3 Å². The van der Waals surface area contributed by atoms with Crippen molar-refractivity contribution in [2.24, 2.45) is 16.5 Å². The summed E-state index contributed by atoms with van der Waals surface area (Å²) in [5.74, 6) is -0.867. The first-order valence-electron chi connectivity index (χ1n) is 5.38. The molecule has 0 radical (unpaired) electrons. The summed E-state index contributed by atoms with van der Waals surface area (Å²) in [4.78, 5) is 15.0. The van der Waals surface area contributed by atoms with E-state index in [1.54, 1.807) is 31.2 Å². The third-order valence-electron chi connectivity index (χ3n) is 2.48. The molecular weight excluding hydrogens is 248 g/mol. The number of hydrogen-bond donors (Lipinski definition) is 3. The van der Waals surface area contributed by atoms with E-state index in [2.05, 4.69) is 10.1 Å². The van der Waals surface area contributed by atoms with Gasteiger partial charge in [0.05, 0.1) is 5.69 Å². The Kier molecular flexibility index (Phi) is 3.19. The molecule has 1 aromatic carbocycles. The van der Waals surface area contributed by atoms with Crippen LogP contribution < -0.4 is 11.5 Å². The second-order valence-corrected chi connectivity index (χ2v) is 3.85. The fraction of sp³-hybridized carbons (Fsp3) is 0.0833. The summed E-state index contributed by atoms with van der Waals surface area (Å²) in [6.45, 7) is 1.55. The van der Waals surface area contributed by atoms with Crippen molar-refractivity contribution in [3.63, 3.8) is 0 Å². The number of nitrogens with zero attached hydrogens (tertiary/aromatic N) is 2. The first-order valence-corrected chi connectivity index (χ1v) is 5.38. The molecule has 0 saturated carbocycles. The molecule has 0 amide bonds. The van der Waals surface area contributed by atoms with E-state index in [0.29, 0.717) is 11.3 Å². The summed E-state index contributed by atoms with van der Waals surface area (Å²) < 4.78 is 4.91. The zero-order chi connectivity index (χ0) is 14.0. The number of aryl methyl sites for hydroxylation is 1. The smallest absolute Gasteiger partial charge is 0.341 e. The minimum Gasteiger partial charge on any atom is -0.477 e.